The first kappa shape index (κ1) is 12.4. The predicted molar refractivity (Wildman–Crippen MR) is 59.3 cm³/mol. The van der Waals surface area contributed by atoms with Gasteiger partial charge in [-0.25, -0.2) is 0 Å². The average molecular weight is 254 g/mol. The minimum atomic E-state index is -0.802. The summed E-state index contributed by atoms with van der Waals surface area (Å²) in [5.41, 5.74) is 0. The van der Waals surface area contributed by atoms with Gasteiger partial charge in [0, 0.05) is 13.1 Å². The number of likely N-dealkylation sites (tertiary alicyclic amines) is 1. The Kier molecular flexibility index (Phi) is 3.50. The molecule has 2 heterocycles. The molecule has 1 aliphatic rings. The van der Waals surface area contributed by atoms with Crippen LogP contribution in [0.15, 0.2) is 10.6 Å². The van der Waals surface area contributed by atoms with Crippen LogP contribution in [-0.4, -0.2) is 47.2 Å². The quantitative estimate of drug-likeness (QED) is 0.849. The lowest BCUT2D eigenvalue weighted by Crippen LogP contribution is -2.40. The van der Waals surface area contributed by atoms with Gasteiger partial charge in [0.15, 0.2) is 0 Å². The molecule has 0 aromatic carbocycles. The molecule has 1 aromatic heterocycles. The zero-order valence-electron chi connectivity index (χ0n) is 9.96. The highest BCUT2D eigenvalue weighted by Gasteiger charge is 2.29. The second-order valence-corrected chi connectivity index (χ2v) is 4.14. The van der Waals surface area contributed by atoms with Crippen LogP contribution in [0.2, 0.25) is 0 Å². The molecule has 1 aliphatic heterocycles. The topological polar surface area (TPSA) is 92.9 Å². The number of amides is 1. The largest absolute Gasteiger partial charge is 0.481 e. The Labute approximate surface area is 103 Å². The van der Waals surface area contributed by atoms with Crippen LogP contribution in [0.5, 0.6) is 5.88 Å². The van der Waals surface area contributed by atoms with Gasteiger partial charge in [-0.2, -0.15) is 0 Å². The Bertz CT molecular complexity index is 448. The third-order valence-corrected chi connectivity index (χ3v) is 3.04. The molecule has 7 nitrogen and oxygen atoms in total. The molecular formula is C11H14N2O5. The van der Waals surface area contributed by atoms with E-state index in [1.807, 2.05) is 0 Å². The van der Waals surface area contributed by atoms with Crippen molar-refractivity contribution in [2.45, 2.75) is 12.8 Å². The second kappa shape index (κ2) is 5.07. The number of rotatable bonds is 3. The number of aromatic nitrogens is 1. The first-order valence-electron chi connectivity index (χ1n) is 5.64. The van der Waals surface area contributed by atoms with E-state index in [0.717, 1.165) is 0 Å². The van der Waals surface area contributed by atoms with E-state index in [-0.39, 0.29) is 23.5 Å². The van der Waals surface area contributed by atoms with Gasteiger partial charge >= 0.3 is 5.97 Å². The van der Waals surface area contributed by atoms with Crippen LogP contribution in [0.25, 0.3) is 0 Å². The molecule has 0 unspecified atom stereocenters. The molecule has 0 saturated carbocycles. The van der Waals surface area contributed by atoms with Gasteiger partial charge in [0.05, 0.1) is 19.1 Å². The molecule has 1 aromatic rings. The third-order valence-electron chi connectivity index (χ3n) is 3.04. The van der Waals surface area contributed by atoms with Crippen molar-refractivity contribution >= 4 is 11.9 Å². The van der Waals surface area contributed by atoms with Gasteiger partial charge in [0.1, 0.15) is 0 Å². The summed E-state index contributed by atoms with van der Waals surface area (Å²) in [7, 11) is 1.43. The van der Waals surface area contributed by atoms with E-state index in [1.165, 1.54) is 13.2 Å². The second-order valence-electron chi connectivity index (χ2n) is 4.14. The predicted octanol–water partition coefficient (Wildman–Crippen LogP) is 0.620. The highest BCUT2D eigenvalue weighted by Crippen LogP contribution is 2.20. The molecule has 1 saturated heterocycles. The van der Waals surface area contributed by atoms with Crippen LogP contribution in [0.1, 0.15) is 23.4 Å². The van der Waals surface area contributed by atoms with E-state index in [4.69, 9.17) is 14.4 Å². The van der Waals surface area contributed by atoms with E-state index in [0.29, 0.717) is 25.9 Å². The van der Waals surface area contributed by atoms with Gasteiger partial charge in [-0.1, -0.05) is 0 Å². The van der Waals surface area contributed by atoms with Crippen LogP contribution in [0.3, 0.4) is 0 Å². The van der Waals surface area contributed by atoms with Crippen LogP contribution in [0.4, 0.5) is 0 Å². The number of carboxylic acids is 1. The van der Waals surface area contributed by atoms with Crippen LogP contribution in [-0.2, 0) is 4.79 Å². The molecule has 1 N–H and O–H groups in total. The molecule has 18 heavy (non-hydrogen) atoms. The number of methoxy groups -OCH3 is 1. The first-order valence-corrected chi connectivity index (χ1v) is 5.64. The van der Waals surface area contributed by atoms with Crippen molar-refractivity contribution in [3.05, 3.63) is 11.8 Å². The number of carboxylic acid groups (broad SMARTS) is 1. The van der Waals surface area contributed by atoms with E-state index in [1.54, 1.807) is 4.90 Å². The van der Waals surface area contributed by atoms with Gasteiger partial charge in [0.2, 0.25) is 5.76 Å². The molecule has 0 bridgehead atoms. The van der Waals surface area contributed by atoms with Gasteiger partial charge in [-0.15, -0.1) is 0 Å². The number of piperidine rings is 1. The average Bonchev–Trinajstić information content (AvgIpc) is 2.86. The highest BCUT2D eigenvalue weighted by atomic mass is 16.5. The van der Waals surface area contributed by atoms with Crippen molar-refractivity contribution in [3.63, 3.8) is 0 Å². The van der Waals surface area contributed by atoms with Gasteiger partial charge in [-0.3, -0.25) is 9.59 Å². The number of carbonyl (C=O) groups is 2. The molecule has 98 valence electrons. The van der Waals surface area contributed by atoms with Gasteiger partial charge in [0.25, 0.3) is 11.8 Å². The Morgan fingerprint density at radius 3 is 2.67 bits per heavy atom. The Morgan fingerprint density at radius 1 is 1.50 bits per heavy atom. The minimum absolute atomic E-state index is 0.112. The summed E-state index contributed by atoms with van der Waals surface area (Å²) < 4.78 is 9.69. The summed E-state index contributed by atoms with van der Waals surface area (Å²) in [6.07, 6.45) is 0.929. The van der Waals surface area contributed by atoms with Gasteiger partial charge in [-0.05, 0) is 18.0 Å². The molecule has 0 radical (unpaired) electrons. The van der Waals surface area contributed by atoms with E-state index in [2.05, 4.69) is 5.16 Å². The lowest BCUT2D eigenvalue weighted by atomic mass is 9.97. The molecule has 7 heteroatoms. The fourth-order valence-corrected chi connectivity index (χ4v) is 1.94. The minimum Gasteiger partial charge on any atom is -0.481 e. The van der Waals surface area contributed by atoms with Crippen molar-refractivity contribution < 1.29 is 24.0 Å². The number of nitrogens with zero attached hydrogens (tertiary/aromatic N) is 2. The molecule has 1 amide bonds. The van der Waals surface area contributed by atoms with Crippen LogP contribution < -0.4 is 4.74 Å². The molecule has 0 aliphatic carbocycles. The summed E-state index contributed by atoms with van der Waals surface area (Å²) in [5, 5.41) is 12.4. The number of hydrogen-bond donors (Lipinski definition) is 1. The number of aliphatic carboxylic acids is 1. The Hall–Kier alpha value is -2.05. The molecule has 1 fully saturated rings. The van der Waals surface area contributed by atoms with Crippen molar-refractivity contribution in [3.8, 4) is 5.88 Å². The maximum atomic E-state index is 12.0. The third kappa shape index (κ3) is 2.44. The van der Waals surface area contributed by atoms with Crippen molar-refractivity contribution in [2.75, 3.05) is 20.2 Å². The number of ether oxygens (including phenoxy) is 1. The molecule has 2 rings (SSSR count). The maximum Gasteiger partial charge on any atom is 0.306 e. The fourth-order valence-electron chi connectivity index (χ4n) is 1.94. The standard InChI is InChI=1S/C11H14N2O5/c1-17-9-6-8(18-12-9)10(14)13-4-2-7(3-5-13)11(15)16/h6-7H,2-5H2,1H3,(H,15,16). The normalized spacial score (nSPS) is 16.6. The van der Waals surface area contributed by atoms with Gasteiger partial charge < -0.3 is 19.3 Å². The lowest BCUT2D eigenvalue weighted by Gasteiger charge is -2.29. The summed E-state index contributed by atoms with van der Waals surface area (Å²) in [4.78, 5) is 24.4. The van der Waals surface area contributed by atoms with E-state index in [9.17, 15) is 9.59 Å². The molecule has 0 atom stereocenters. The Morgan fingerprint density at radius 2 is 2.17 bits per heavy atom. The summed E-state index contributed by atoms with van der Waals surface area (Å²) >= 11 is 0. The van der Waals surface area contributed by atoms with Crippen LogP contribution >= 0.6 is 0 Å². The van der Waals surface area contributed by atoms with Crippen molar-refractivity contribution in [2.24, 2.45) is 5.92 Å². The van der Waals surface area contributed by atoms with Crippen molar-refractivity contribution in [1.29, 1.82) is 0 Å². The SMILES string of the molecule is COc1cc(C(=O)N2CCC(C(=O)O)CC2)on1. The van der Waals surface area contributed by atoms with E-state index < -0.39 is 5.97 Å². The molecular weight excluding hydrogens is 240 g/mol. The summed E-state index contributed by atoms with van der Waals surface area (Å²) in [6.45, 7) is 0.831. The first-order chi connectivity index (χ1) is 8.61. The highest BCUT2D eigenvalue weighted by molar-refractivity contribution is 5.91. The smallest absolute Gasteiger partial charge is 0.306 e. The zero-order valence-corrected chi connectivity index (χ0v) is 9.96. The monoisotopic (exact) mass is 254 g/mol. The lowest BCUT2D eigenvalue weighted by molar-refractivity contribution is -0.143. The maximum absolute atomic E-state index is 12.0. The fraction of sp³-hybridized carbons (Fsp3) is 0.545. The number of carbonyl (C=O) groups excluding carboxylic acids is 1. The van der Waals surface area contributed by atoms with E-state index >= 15 is 0 Å². The van der Waals surface area contributed by atoms with Crippen molar-refractivity contribution in [1.82, 2.24) is 10.1 Å². The summed E-state index contributed by atoms with van der Waals surface area (Å²) in [6, 6.07) is 1.42. The zero-order chi connectivity index (χ0) is 13.1. The Balaban J connectivity index is 1.97. The summed E-state index contributed by atoms with van der Waals surface area (Å²) in [5.74, 6) is -1.09. The number of hydrogen-bond acceptors (Lipinski definition) is 5. The van der Waals surface area contributed by atoms with Crippen LogP contribution in [0, 0.1) is 5.92 Å². The molecule has 0 spiro atoms.